The smallest absolute Gasteiger partial charge is 0.119 e. The molecule has 0 spiro atoms. The quantitative estimate of drug-likeness (QED) is 0.895. The molecule has 2 aromatic rings. The number of aliphatic hydroxyl groups is 1. The normalized spacial score (nSPS) is 16.6. The predicted octanol–water partition coefficient (Wildman–Crippen LogP) is 2.04. The standard InChI is InChI=1S/C14H16N2O2/c1-16-9-11(8-15-16)14(17)10-2-4-12(5-3-10)18-13-6-7-13/h2-5,8-9,13-14,17H,6-7H2,1H3. The van der Waals surface area contributed by atoms with Crippen molar-refractivity contribution in [2.24, 2.45) is 7.05 Å². The van der Waals surface area contributed by atoms with Crippen LogP contribution in [-0.2, 0) is 7.05 Å². The van der Waals surface area contributed by atoms with Gasteiger partial charge < -0.3 is 9.84 Å². The topological polar surface area (TPSA) is 47.3 Å². The molecule has 1 aromatic heterocycles. The number of aryl methyl sites for hydroxylation is 1. The maximum Gasteiger partial charge on any atom is 0.119 e. The molecule has 3 rings (SSSR count). The lowest BCUT2D eigenvalue weighted by Gasteiger charge is -2.10. The zero-order valence-electron chi connectivity index (χ0n) is 10.3. The second-order valence-electron chi connectivity index (χ2n) is 4.74. The van der Waals surface area contributed by atoms with Crippen LogP contribution in [-0.4, -0.2) is 21.0 Å². The van der Waals surface area contributed by atoms with Gasteiger partial charge in [-0.3, -0.25) is 4.68 Å². The molecule has 4 nitrogen and oxygen atoms in total. The average molecular weight is 244 g/mol. The molecule has 1 fully saturated rings. The molecule has 18 heavy (non-hydrogen) atoms. The molecule has 1 aliphatic rings. The molecule has 0 radical (unpaired) electrons. The van der Waals surface area contributed by atoms with Crippen LogP contribution in [0.15, 0.2) is 36.7 Å². The van der Waals surface area contributed by atoms with Crippen molar-refractivity contribution in [3.8, 4) is 5.75 Å². The van der Waals surface area contributed by atoms with E-state index in [1.165, 1.54) is 0 Å². The van der Waals surface area contributed by atoms with Gasteiger partial charge in [0.15, 0.2) is 0 Å². The van der Waals surface area contributed by atoms with Gasteiger partial charge in [0.05, 0.1) is 12.3 Å². The summed E-state index contributed by atoms with van der Waals surface area (Å²) in [6, 6.07) is 7.62. The predicted molar refractivity (Wildman–Crippen MR) is 67.4 cm³/mol. The fourth-order valence-electron chi connectivity index (χ4n) is 1.88. The van der Waals surface area contributed by atoms with Gasteiger partial charge in [-0.25, -0.2) is 0 Å². The van der Waals surface area contributed by atoms with Crippen LogP contribution in [0.1, 0.15) is 30.1 Å². The van der Waals surface area contributed by atoms with Crippen LogP contribution in [0.3, 0.4) is 0 Å². The maximum atomic E-state index is 10.2. The summed E-state index contributed by atoms with van der Waals surface area (Å²) in [4.78, 5) is 0. The van der Waals surface area contributed by atoms with Crippen LogP contribution in [0.5, 0.6) is 5.75 Å². The van der Waals surface area contributed by atoms with Crippen molar-refractivity contribution >= 4 is 0 Å². The monoisotopic (exact) mass is 244 g/mol. The van der Waals surface area contributed by atoms with Crippen LogP contribution in [0, 0.1) is 0 Å². The van der Waals surface area contributed by atoms with Crippen LogP contribution in [0.4, 0.5) is 0 Å². The first-order chi connectivity index (χ1) is 8.72. The van der Waals surface area contributed by atoms with Crippen LogP contribution in [0.2, 0.25) is 0 Å². The minimum Gasteiger partial charge on any atom is -0.490 e. The van der Waals surface area contributed by atoms with Gasteiger partial charge in [-0.15, -0.1) is 0 Å². The van der Waals surface area contributed by atoms with E-state index in [2.05, 4.69) is 5.10 Å². The molecule has 0 aliphatic heterocycles. The van der Waals surface area contributed by atoms with Crippen molar-refractivity contribution in [2.75, 3.05) is 0 Å². The number of ether oxygens (including phenoxy) is 1. The van der Waals surface area contributed by atoms with Gasteiger partial charge in [-0.2, -0.15) is 5.10 Å². The summed E-state index contributed by atoms with van der Waals surface area (Å²) in [5.41, 5.74) is 1.65. The van der Waals surface area contributed by atoms with Crippen LogP contribution >= 0.6 is 0 Å². The van der Waals surface area contributed by atoms with Crippen molar-refractivity contribution in [3.63, 3.8) is 0 Å². The summed E-state index contributed by atoms with van der Waals surface area (Å²) in [6.07, 6.45) is 5.58. The van der Waals surface area contributed by atoms with Gasteiger partial charge >= 0.3 is 0 Å². The largest absolute Gasteiger partial charge is 0.490 e. The SMILES string of the molecule is Cn1cc(C(O)c2ccc(OC3CC3)cc2)cn1. The van der Waals surface area contributed by atoms with Crippen molar-refractivity contribution in [1.29, 1.82) is 0 Å². The lowest BCUT2D eigenvalue weighted by atomic mass is 10.0. The zero-order valence-corrected chi connectivity index (χ0v) is 10.3. The lowest BCUT2D eigenvalue weighted by Crippen LogP contribution is -2.00. The second kappa shape index (κ2) is 4.46. The number of nitrogens with zero attached hydrogens (tertiary/aromatic N) is 2. The fraction of sp³-hybridized carbons (Fsp3) is 0.357. The maximum absolute atomic E-state index is 10.2. The van der Waals surface area contributed by atoms with Gasteiger partial charge in [-0.05, 0) is 30.5 Å². The van der Waals surface area contributed by atoms with E-state index in [0.717, 1.165) is 29.7 Å². The Morgan fingerprint density at radius 1 is 1.28 bits per heavy atom. The average Bonchev–Trinajstić information content (AvgIpc) is 3.09. The third-order valence-electron chi connectivity index (χ3n) is 3.06. The highest BCUT2D eigenvalue weighted by atomic mass is 16.5. The van der Waals surface area contributed by atoms with Crippen molar-refractivity contribution in [1.82, 2.24) is 9.78 Å². The van der Waals surface area contributed by atoms with E-state index in [-0.39, 0.29) is 0 Å². The van der Waals surface area contributed by atoms with Gasteiger partial charge in [0, 0.05) is 18.8 Å². The first-order valence-electron chi connectivity index (χ1n) is 6.15. The highest BCUT2D eigenvalue weighted by molar-refractivity contribution is 5.33. The molecule has 0 bridgehead atoms. The molecule has 1 unspecified atom stereocenters. The fourth-order valence-corrected chi connectivity index (χ4v) is 1.88. The molecule has 1 aromatic carbocycles. The zero-order chi connectivity index (χ0) is 12.5. The highest BCUT2D eigenvalue weighted by Crippen LogP contribution is 2.28. The second-order valence-corrected chi connectivity index (χ2v) is 4.74. The summed E-state index contributed by atoms with van der Waals surface area (Å²) >= 11 is 0. The molecule has 4 heteroatoms. The van der Waals surface area contributed by atoms with E-state index in [1.807, 2.05) is 37.5 Å². The molecule has 1 N–H and O–H groups in total. The Hall–Kier alpha value is -1.81. The summed E-state index contributed by atoms with van der Waals surface area (Å²) < 4.78 is 7.36. The summed E-state index contributed by atoms with van der Waals surface area (Å²) in [6.45, 7) is 0. The molecule has 94 valence electrons. The van der Waals surface area contributed by atoms with Gasteiger partial charge in [0.1, 0.15) is 11.9 Å². The van der Waals surface area contributed by atoms with E-state index in [1.54, 1.807) is 10.9 Å². The molecule has 1 aliphatic carbocycles. The van der Waals surface area contributed by atoms with Crippen molar-refractivity contribution in [2.45, 2.75) is 25.0 Å². The number of aliphatic hydroxyl groups excluding tert-OH is 1. The van der Waals surface area contributed by atoms with Crippen LogP contribution in [0.25, 0.3) is 0 Å². The van der Waals surface area contributed by atoms with E-state index in [0.29, 0.717) is 6.10 Å². The van der Waals surface area contributed by atoms with Gasteiger partial charge in [-0.1, -0.05) is 12.1 Å². The molecule has 0 amide bonds. The summed E-state index contributed by atoms with van der Waals surface area (Å²) in [5, 5.41) is 14.3. The van der Waals surface area contributed by atoms with E-state index in [4.69, 9.17) is 4.74 Å². The third kappa shape index (κ3) is 2.38. The number of hydrogen-bond donors (Lipinski definition) is 1. The Labute approximate surface area is 106 Å². The number of benzene rings is 1. The van der Waals surface area contributed by atoms with E-state index >= 15 is 0 Å². The summed E-state index contributed by atoms with van der Waals surface area (Å²) in [5.74, 6) is 0.875. The number of aromatic nitrogens is 2. The van der Waals surface area contributed by atoms with Gasteiger partial charge in [0.25, 0.3) is 0 Å². The highest BCUT2D eigenvalue weighted by Gasteiger charge is 2.23. The number of rotatable bonds is 4. The molecule has 1 atom stereocenters. The Morgan fingerprint density at radius 3 is 2.56 bits per heavy atom. The molecule has 1 saturated carbocycles. The van der Waals surface area contributed by atoms with Gasteiger partial charge in [0.2, 0.25) is 0 Å². The lowest BCUT2D eigenvalue weighted by molar-refractivity contribution is 0.220. The number of hydrogen-bond acceptors (Lipinski definition) is 3. The minimum atomic E-state index is -0.631. The molecule has 0 saturated heterocycles. The first-order valence-corrected chi connectivity index (χ1v) is 6.15. The Bertz CT molecular complexity index is 529. The first kappa shape index (κ1) is 11.3. The summed E-state index contributed by atoms with van der Waals surface area (Å²) in [7, 11) is 1.84. The van der Waals surface area contributed by atoms with E-state index < -0.39 is 6.10 Å². The Kier molecular flexibility index (Phi) is 2.80. The van der Waals surface area contributed by atoms with Crippen molar-refractivity contribution < 1.29 is 9.84 Å². The van der Waals surface area contributed by atoms with E-state index in [9.17, 15) is 5.11 Å². The minimum absolute atomic E-state index is 0.402. The molecular formula is C14H16N2O2. The Morgan fingerprint density at radius 2 is 2.00 bits per heavy atom. The molecule has 1 heterocycles. The third-order valence-corrected chi connectivity index (χ3v) is 3.06. The van der Waals surface area contributed by atoms with Crippen LogP contribution < -0.4 is 4.74 Å². The van der Waals surface area contributed by atoms with Crippen molar-refractivity contribution in [3.05, 3.63) is 47.8 Å². The Balaban J connectivity index is 1.74. The molecular weight excluding hydrogens is 228 g/mol.